The van der Waals surface area contributed by atoms with Crippen molar-refractivity contribution in [2.75, 3.05) is 13.1 Å². The number of hydrogen-bond acceptors (Lipinski definition) is 2. The van der Waals surface area contributed by atoms with Crippen molar-refractivity contribution in [1.82, 2.24) is 5.32 Å². The summed E-state index contributed by atoms with van der Waals surface area (Å²) in [4.78, 5) is 0. The minimum Gasteiger partial charge on any atom is -0.328 e. The zero-order chi connectivity index (χ0) is 9.52. The summed E-state index contributed by atoms with van der Waals surface area (Å²) in [6, 6.07) is 0.376. The molecule has 0 aromatic rings. The molecule has 0 saturated carbocycles. The third-order valence-electron chi connectivity index (χ3n) is 3.11. The van der Waals surface area contributed by atoms with Crippen LogP contribution < -0.4 is 11.1 Å². The van der Waals surface area contributed by atoms with Gasteiger partial charge < -0.3 is 11.1 Å². The second-order valence-corrected chi connectivity index (χ2v) is 4.36. The Hall–Kier alpha value is -0.0800. The topological polar surface area (TPSA) is 38.0 Å². The van der Waals surface area contributed by atoms with Gasteiger partial charge in [-0.1, -0.05) is 19.3 Å². The molecule has 0 radical (unpaired) electrons. The number of nitrogens with two attached hydrogens (primary N) is 1. The van der Waals surface area contributed by atoms with Crippen LogP contribution in [0.5, 0.6) is 0 Å². The molecule has 2 unspecified atom stereocenters. The molecule has 1 heterocycles. The minimum absolute atomic E-state index is 0.376. The second kappa shape index (κ2) is 6.39. The summed E-state index contributed by atoms with van der Waals surface area (Å²) in [5.41, 5.74) is 5.95. The van der Waals surface area contributed by atoms with Gasteiger partial charge in [-0.05, 0) is 45.2 Å². The number of rotatable bonds is 1. The summed E-state index contributed by atoms with van der Waals surface area (Å²) in [6.07, 6.45) is 8.11. The highest BCUT2D eigenvalue weighted by molar-refractivity contribution is 4.71. The van der Waals surface area contributed by atoms with Gasteiger partial charge in [-0.2, -0.15) is 0 Å². The lowest BCUT2D eigenvalue weighted by molar-refractivity contribution is 0.352. The molecule has 2 atom stereocenters. The maximum Gasteiger partial charge on any atom is 0.00392 e. The van der Waals surface area contributed by atoms with Crippen LogP contribution in [0.2, 0.25) is 0 Å². The Morgan fingerprint density at radius 3 is 2.62 bits per heavy atom. The molecule has 0 aliphatic carbocycles. The van der Waals surface area contributed by atoms with Crippen molar-refractivity contribution < 1.29 is 0 Å². The Morgan fingerprint density at radius 2 is 1.85 bits per heavy atom. The van der Waals surface area contributed by atoms with E-state index in [-0.39, 0.29) is 0 Å². The predicted molar refractivity (Wildman–Crippen MR) is 57.7 cm³/mol. The molecule has 2 nitrogen and oxygen atoms in total. The summed E-state index contributed by atoms with van der Waals surface area (Å²) in [6.45, 7) is 4.51. The van der Waals surface area contributed by atoms with Crippen molar-refractivity contribution in [3.63, 3.8) is 0 Å². The normalized spacial score (nSPS) is 29.5. The molecule has 78 valence electrons. The van der Waals surface area contributed by atoms with Gasteiger partial charge in [-0.15, -0.1) is 0 Å². The van der Waals surface area contributed by atoms with E-state index in [4.69, 9.17) is 5.73 Å². The molecule has 3 N–H and O–H groups in total. The molecule has 0 aromatic heterocycles. The van der Waals surface area contributed by atoms with Gasteiger partial charge in [0.2, 0.25) is 0 Å². The van der Waals surface area contributed by atoms with Gasteiger partial charge in [-0.25, -0.2) is 0 Å². The van der Waals surface area contributed by atoms with Gasteiger partial charge in [0, 0.05) is 6.04 Å². The van der Waals surface area contributed by atoms with E-state index in [1.165, 1.54) is 45.1 Å². The van der Waals surface area contributed by atoms with Crippen LogP contribution in [0.4, 0.5) is 0 Å². The van der Waals surface area contributed by atoms with E-state index >= 15 is 0 Å². The Morgan fingerprint density at radius 1 is 1.08 bits per heavy atom. The van der Waals surface area contributed by atoms with E-state index in [0.717, 1.165) is 12.5 Å². The molecular formula is C11H24N2. The van der Waals surface area contributed by atoms with Gasteiger partial charge >= 0.3 is 0 Å². The summed E-state index contributed by atoms with van der Waals surface area (Å²) >= 11 is 0. The Balaban J connectivity index is 2.26. The molecule has 1 rings (SSSR count). The van der Waals surface area contributed by atoms with Crippen LogP contribution in [0.3, 0.4) is 0 Å². The second-order valence-electron chi connectivity index (χ2n) is 4.36. The van der Waals surface area contributed by atoms with E-state index in [1.807, 2.05) is 0 Å². The van der Waals surface area contributed by atoms with E-state index in [2.05, 4.69) is 12.2 Å². The maximum atomic E-state index is 5.95. The van der Waals surface area contributed by atoms with Gasteiger partial charge in [0.15, 0.2) is 0 Å². The molecule has 0 spiro atoms. The molecule has 13 heavy (non-hydrogen) atoms. The van der Waals surface area contributed by atoms with Crippen molar-refractivity contribution in [3.8, 4) is 0 Å². The van der Waals surface area contributed by atoms with Crippen LogP contribution in [0, 0.1) is 5.92 Å². The highest BCUT2D eigenvalue weighted by Gasteiger charge is 2.13. The minimum atomic E-state index is 0.376. The van der Waals surface area contributed by atoms with Crippen LogP contribution in [0.1, 0.15) is 45.4 Å². The molecule has 0 aromatic carbocycles. The lowest BCUT2D eigenvalue weighted by Gasteiger charge is -2.22. The van der Waals surface area contributed by atoms with Crippen molar-refractivity contribution in [1.29, 1.82) is 0 Å². The fourth-order valence-corrected chi connectivity index (χ4v) is 2.09. The van der Waals surface area contributed by atoms with E-state index in [1.54, 1.807) is 0 Å². The first-order valence-corrected chi connectivity index (χ1v) is 5.77. The summed E-state index contributed by atoms with van der Waals surface area (Å²) in [5, 5.41) is 3.48. The average molecular weight is 184 g/mol. The monoisotopic (exact) mass is 184 g/mol. The molecule has 0 amide bonds. The molecule has 1 aliphatic heterocycles. The van der Waals surface area contributed by atoms with E-state index in [0.29, 0.717) is 6.04 Å². The lowest BCUT2D eigenvalue weighted by Crippen LogP contribution is -2.30. The fraction of sp³-hybridized carbons (Fsp3) is 1.00. The quantitative estimate of drug-likeness (QED) is 0.653. The average Bonchev–Trinajstić information content (AvgIpc) is 2.14. The van der Waals surface area contributed by atoms with Gasteiger partial charge in [0.1, 0.15) is 0 Å². The summed E-state index contributed by atoms with van der Waals surface area (Å²) in [5.74, 6) is 0.741. The van der Waals surface area contributed by atoms with Crippen LogP contribution in [0.15, 0.2) is 0 Å². The Kier molecular flexibility index (Phi) is 5.40. The van der Waals surface area contributed by atoms with Crippen LogP contribution in [-0.4, -0.2) is 19.1 Å². The Labute approximate surface area is 82.3 Å². The first kappa shape index (κ1) is 11.0. The Bertz CT molecular complexity index is 113. The van der Waals surface area contributed by atoms with Crippen molar-refractivity contribution in [3.05, 3.63) is 0 Å². The highest BCUT2D eigenvalue weighted by Crippen LogP contribution is 2.17. The molecular weight excluding hydrogens is 160 g/mol. The first-order chi connectivity index (χ1) is 6.30. The number of nitrogens with one attached hydrogen (secondary N) is 1. The number of hydrogen-bond donors (Lipinski definition) is 2. The summed E-state index contributed by atoms with van der Waals surface area (Å²) in [7, 11) is 0. The molecule has 0 bridgehead atoms. The fourth-order valence-electron chi connectivity index (χ4n) is 2.09. The zero-order valence-electron chi connectivity index (χ0n) is 8.89. The van der Waals surface area contributed by atoms with Crippen LogP contribution in [-0.2, 0) is 0 Å². The van der Waals surface area contributed by atoms with Gasteiger partial charge in [0.25, 0.3) is 0 Å². The lowest BCUT2D eigenvalue weighted by atomic mass is 9.91. The molecule has 2 heteroatoms. The van der Waals surface area contributed by atoms with Crippen molar-refractivity contribution in [2.24, 2.45) is 11.7 Å². The highest BCUT2D eigenvalue weighted by atomic mass is 14.8. The largest absolute Gasteiger partial charge is 0.328 e. The van der Waals surface area contributed by atoms with Crippen LogP contribution in [0.25, 0.3) is 0 Å². The van der Waals surface area contributed by atoms with Gasteiger partial charge in [0.05, 0.1) is 0 Å². The predicted octanol–water partition coefficient (Wildman–Crippen LogP) is 1.89. The first-order valence-electron chi connectivity index (χ1n) is 5.77. The maximum absolute atomic E-state index is 5.95. The standard InChI is InChI=1S/C11H24N2/c1-10(12)11-6-4-2-3-5-8-13-9-7-11/h10-11,13H,2-9,12H2,1H3. The molecule has 1 aliphatic rings. The zero-order valence-corrected chi connectivity index (χ0v) is 8.89. The van der Waals surface area contributed by atoms with E-state index < -0.39 is 0 Å². The smallest absolute Gasteiger partial charge is 0.00392 e. The van der Waals surface area contributed by atoms with Crippen molar-refractivity contribution in [2.45, 2.75) is 51.5 Å². The third kappa shape index (κ3) is 4.63. The summed E-state index contributed by atoms with van der Waals surface area (Å²) < 4.78 is 0. The SMILES string of the molecule is CC(N)C1CCCCCCNCC1. The third-order valence-corrected chi connectivity index (χ3v) is 3.11. The van der Waals surface area contributed by atoms with Crippen molar-refractivity contribution >= 4 is 0 Å². The molecule has 1 saturated heterocycles. The van der Waals surface area contributed by atoms with Crippen LogP contribution >= 0.6 is 0 Å². The van der Waals surface area contributed by atoms with Gasteiger partial charge in [-0.3, -0.25) is 0 Å². The molecule has 1 fully saturated rings. The van der Waals surface area contributed by atoms with E-state index in [9.17, 15) is 0 Å².